The van der Waals surface area contributed by atoms with Gasteiger partial charge in [0.05, 0.1) is 12.5 Å². The summed E-state index contributed by atoms with van der Waals surface area (Å²) in [6.07, 6.45) is 3.71. The highest BCUT2D eigenvalue weighted by molar-refractivity contribution is 5.87. The van der Waals surface area contributed by atoms with Crippen LogP contribution < -0.4 is 16.8 Å². The van der Waals surface area contributed by atoms with E-state index in [2.05, 4.69) is 5.32 Å². The second-order valence-electron chi connectivity index (χ2n) is 4.62. The number of nitrogens with two attached hydrogens (primary N) is 2. The summed E-state index contributed by atoms with van der Waals surface area (Å²) >= 11 is 0. The van der Waals surface area contributed by atoms with Crippen molar-refractivity contribution in [3.8, 4) is 0 Å². The molecule has 1 aliphatic rings. The molecule has 17 heavy (non-hydrogen) atoms. The smallest absolute Gasteiger partial charge is 0.237 e. The van der Waals surface area contributed by atoms with Gasteiger partial charge in [-0.25, -0.2) is 0 Å². The van der Waals surface area contributed by atoms with Crippen LogP contribution >= 0.6 is 0 Å². The highest BCUT2D eigenvalue weighted by atomic mass is 16.3. The van der Waals surface area contributed by atoms with Crippen LogP contribution in [0.5, 0.6) is 0 Å². The first-order valence-electron chi connectivity index (χ1n) is 5.99. The van der Waals surface area contributed by atoms with Gasteiger partial charge in [0.1, 0.15) is 0 Å². The lowest BCUT2D eigenvalue weighted by molar-refractivity contribution is -0.127. The number of rotatable bonds is 5. The molecule has 98 valence electrons. The van der Waals surface area contributed by atoms with E-state index in [0.717, 1.165) is 25.7 Å². The molecule has 6 heteroatoms. The summed E-state index contributed by atoms with van der Waals surface area (Å²) in [4.78, 5) is 22.3. The van der Waals surface area contributed by atoms with E-state index in [1.165, 1.54) is 0 Å². The van der Waals surface area contributed by atoms with Crippen molar-refractivity contribution in [1.82, 2.24) is 5.32 Å². The third kappa shape index (κ3) is 4.32. The minimum absolute atomic E-state index is 0.0415. The Kier molecular flexibility index (Phi) is 5.37. The molecule has 3 atom stereocenters. The molecule has 2 amide bonds. The van der Waals surface area contributed by atoms with Crippen LogP contribution in [-0.4, -0.2) is 35.6 Å². The molecule has 0 heterocycles. The highest BCUT2D eigenvalue weighted by Crippen LogP contribution is 2.23. The number of carbonyl (C=O) groups is 2. The van der Waals surface area contributed by atoms with E-state index >= 15 is 0 Å². The van der Waals surface area contributed by atoms with Gasteiger partial charge in [0, 0.05) is 18.6 Å². The quantitative estimate of drug-likeness (QED) is 0.488. The molecule has 0 saturated heterocycles. The zero-order chi connectivity index (χ0) is 12.8. The van der Waals surface area contributed by atoms with E-state index < -0.39 is 11.9 Å². The number of nitrogens with one attached hydrogen (secondary N) is 1. The van der Waals surface area contributed by atoms with Gasteiger partial charge in [0.15, 0.2) is 0 Å². The summed E-state index contributed by atoms with van der Waals surface area (Å²) in [5, 5.41) is 12.0. The van der Waals surface area contributed by atoms with Crippen molar-refractivity contribution < 1.29 is 14.7 Å². The van der Waals surface area contributed by atoms with Crippen LogP contribution in [0.2, 0.25) is 0 Å². The molecule has 0 aromatic carbocycles. The normalized spacial score (nSPS) is 26.2. The molecule has 1 aliphatic carbocycles. The van der Waals surface area contributed by atoms with Crippen molar-refractivity contribution in [3.05, 3.63) is 0 Å². The van der Waals surface area contributed by atoms with E-state index in [4.69, 9.17) is 11.5 Å². The topological polar surface area (TPSA) is 118 Å². The summed E-state index contributed by atoms with van der Waals surface area (Å²) in [6, 6.07) is -0.936. The molecular formula is C11H21N3O3. The van der Waals surface area contributed by atoms with Crippen molar-refractivity contribution in [1.29, 1.82) is 0 Å². The second-order valence-corrected chi connectivity index (χ2v) is 4.62. The average Bonchev–Trinajstić information content (AvgIpc) is 2.28. The highest BCUT2D eigenvalue weighted by Gasteiger charge is 2.27. The van der Waals surface area contributed by atoms with Gasteiger partial charge in [-0.05, 0) is 12.8 Å². The van der Waals surface area contributed by atoms with Crippen LogP contribution in [0.15, 0.2) is 0 Å². The molecule has 1 rings (SSSR count). The van der Waals surface area contributed by atoms with Crippen molar-refractivity contribution in [2.75, 3.05) is 6.61 Å². The van der Waals surface area contributed by atoms with Crippen LogP contribution in [0, 0.1) is 5.92 Å². The Bertz CT molecular complexity index is 283. The van der Waals surface area contributed by atoms with E-state index in [9.17, 15) is 14.7 Å². The van der Waals surface area contributed by atoms with Gasteiger partial charge in [-0.2, -0.15) is 0 Å². The van der Waals surface area contributed by atoms with Crippen LogP contribution in [0.1, 0.15) is 32.1 Å². The van der Waals surface area contributed by atoms with E-state index in [1.54, 1.807) is 0 Å². The molecule has 0 bridgehead atoms. The molecule has 1 fully saturated rings. The zero-order valence-corrected chi connectivity index (χ0v) is 9.89. The van der Waals surface area contributed by atoms with Crippen LogP contribution in [0.4, 0.5) is 0 Å². The summed E-state index contributed by atoms with van der Waals surface area (Å²) in [6.45, 7) is 0.0655. The van der Waals surface area contributed by atoms with Crippen molar-refractivity contribution in [3.63, 3.8) is 0 Å². The molecule has 0 aromatic heterocycles. The Morgan fingerprint density at radius 2 is 2.00 bits per heavy atom. The number of hydrogen-bond acceptors (Lipinski definition) is 4. The molecular weight excluding hydrogens is 222 g/mol. The van der Waals surface area contributed by atoms with Crippen LogP contribution in [-0.2, 0) is 9.59 Å². The average molecular weight is 243 g/mol. The molecule has 0 spiro atoms. The van der Waals surface area contributed by atoms with E-state index in [0.29, 0.717) is 0 Å². The Labute approximate surface area is 101 Å². The van der Waals surface area contributed by atoms with Crippen LogP contribution in [0.25, 0.3) is 0 Å². The zero-order valence-electron chi connectivity index (χ0n) is 9.89. The van der Waals surface area contributed by atoms with Gasteiger partial charge >= 0.3 is 0 Å². The molecule has 0 aromatic rings. The fraction of sp³-hybridized carbons (Fsp3) is 0.818. The largest absolute Gasteiger partial charge is 0.396 e. The van der Waals surface area contributed by atoms with Gasteiger partial charge in [-0.3, -0.25) is 9.59 Å². The number of amides is 2. The Balaban J connectivity index is 2.45. The lowest BCUT2D eigenvalue weighted by Crippen LogP contribution is -2.50. The van der Waals surface area contributed by atoms with Gasteiger partial charge in [0.25, 0.3) is 0 Å². The lowest BCUT2D eigenvalue weighted by Gasteiger charge is -2.31. The van der Waals surface area contributed by atoms with E-state index in [1.807, 2.05) is 0 Å². The Morgan fingerprint density at radius 1 is 1.35 bits per heavy atom. The fourth-order valence-corrected chi connectivity index (χ4v) is 2.22. The van der Waals surface area contributed by atoms with Gasteiger partial charge < -0.3 is 21.9 Å². The maximum absolute atomic E-state index is 11.7. The minimum Gasteiger partial charge on any atom is -0.396 e. The molecule has 6 N–H and O–H groups in total. The maximum atomic E-state index is 11.7. The third-order valence-corrected chi connectivity index (χ3v) is 3.23. The number of carbonyl (C=O) groups excluding carboxylic acids is 2. The first-order valence-corrected chi connectivity index (χ1v) is 5.99. The number of aliphatic hydroxyl groups excluding tert-OH is 1. The molecule has 1 saturated carbocycles. The first kappa shape index (κ1) is 13.9. The van der Waals surface area contributed by atoms with Crippen molar-refractivity contribution in [2.24, 2.45) is 17.4 Å². The lowest BCUT2D eigenvalue weighted by atomic mass is 9.85. The van der Waals surface area contributed by atoms with Crippen molar-refractivity contribution in [2.45, 2.75) is 44.2 Å². The standard InChI is InChI=1S/C11H21N3O3/c12-8(5-10(13)16)11(17)14-9-4-2-1-3-7(9)6-15/h7-9,15H,1-6,12H2,(H2,13,16)(H,14,17). The fourth-order valence-electron chi connectivity index (χ4n) is 2.22. The molecule has 6 nitrogen and oxygen atoms in total. The second kappa shape index (κ2) is 6.56. The maximum Gasteiger partial charge on any atom is 0.237 e. The molecule has 0 radical (unpaired) electrons. The Morgan fingerprint density at radius 3 is 2.59 bits per heavy atom. The predicted octanol–water partition coefficient (Wildman–Crippen LogP) is -1.14. The summed E-state index contributed by atoms with van der Waals surface area (Å²) in [7, 11) is 0. The summed E-state index contributed by atoms with van der Waals surface area (Å²) < 4.78 is 0. The van der Waals surface area contributed by atoms with Gasteiger partial charge in [-0.15, -0.1) is 0 Å². The number of primary amides is 1. The minimum atomic E-state index is -0.895. The summed E-state index contributed by atoms with van der Waals surface area (Å²) in [5.74, 6) is -0.863. The number of hydrogen-bond donors (Lipinski definition) is 4. The first-order chi connectivity index (χ1) is 8.04. The predicted molar refractivity (Wildman–Crippen MR) is 62.8 cm³/mol. The van der Waals surface area contributed by atoms with Crippen LogP contribution in [0.3, 0.4) is 0 Å². The molecule has 0 aliphatic heterocycles. The van der Waals surface area contributed by atoms with Gasteiger partial charge in [0.2, 0.25) is 11.8 Å². The SMILES string of the molecule is NC(=O)CC(N)C(=O)NC1CCCCC1CO. The monoisotopic (exact) mass is 243 g/mol. The van der Waals surface area contributed by atoms with Crippen molar-refractivity contribution >= 4 is 11.8 Å². The molecule has 3 unspecified atom stereocenters. The van der Waals surface area contributed by atoms with E-state index in [-0.39, 0.29) is 30.9 Å². The summed E-state index contributed by atoms with van der Waals surface area (Å²) in [5.41, 5.74) is 10.5. The Hall–Kier alpha value is -1.14. The number of aliphatic hydroxyl groups is 1. The van der Waals surface area contributed by atoms with Gasteiger partial charge in [-0.1, -0.05) is 12.8 Å². The third-order valence-electron chi connectivity index (χ3n) is 3.23.